The van der Waals surface area contributed by atoms with Crippen LogP contribution in [0.4, 0.5) is 19.7 Å². The minimum atomic E-state index is -1.54. The molecular formula is C36H41FN4O7. The molecule has 48 heavy (non-hydrogen) atoms. The van der Waals surface area contributed by atoms with Crippen molar-refractivity contribution in [1.82, 2.24) is 15.1 Å². The summed E-state index contributed by atoms with van der Waals surface area (Å²) in [4.78, 5) is 69.5. The first-order chi connectivity index (χ1) is 22.8. The SMILES string of the molecule is CC(C)(C)OC(=O)NC1(C(=O)Nc2ccc3c(c2)CC[C@@]32OC(=O)N(CC(=O)N3Cc4ccc(F)cc4CC[C@H]3C3CC3)C2=O)CCC1. The second-order valence-electron chi connectivity index (χ2n) is 14.9. The van der Waals surface area contributed by atoms with Crippen molar-refractivity contribution in [1.29, 1.82) is 0 Å². The van der Waals surface area contributed by atoms with Crippen LogP contribution in [0.1, 0.15) is 88.0 Å². The van der Waals surface area contributed by atoms with Gasteiger partial charge in [-0.3, -0.25) is 14.4 Å². The molecule has 3 fully saturated rings. The Hall–Kier alpha value is -4.48. The zero-order chi connectivity index (χ0) is 34.0. The molecule has 5 amide bonds. The van der Waals surface area contributed by atoms with Gasteiger partial charge in [-0.05, 0) is 119 Å². The van der Waals surface area contributed by atoms with Gasteiger partial charge in [-0.2, -0.15) is 0 Å². The molecule has 12 heteroatoms. The number of halogens is 1. The van der Waals surface area contributed by atoms with Crippen LogP contribution in [0.3, 0.4) is 0 Å². The molecule has 2 atom stereocenters. The first-order valence-corrected chi connectivity index (χ1v) is 16.8. The lowest BCUT2D eigenvalue weighted by molar-refractivity contribution is -0.143. The van der Waals surface area contributed by atoms with E-state index in [9.17, 15) is 28.4 Å². The molecule has 1 saturated heterocycles. The van der Waals surface area contributed by atoms with Gasteiger partial charge >= 0.3 is 12.2 Å². The van der Waals surface area contributed by atoms with Gasteiger partial charge in [0.1, 0.15) is 23.5 Å². The average Bonchev–Trinajstić information content (AvgIpc) is 3.76. The maximum Gasteiger partial charge on any atom is 0.418 e. The van der Waals surface area contributed by atoms with Crippen molar-refractivity contribution >= 4 is 35.6 Å². The van der Waals surface area contributed by atoms with Crippen LogP contribution in [0.5, 0.6) is 0 Å². The predicted molar refractivity (Wildman–Crippen MR) is 171 cm³/mol. The fraction of sp³-hybridized carbons (Fsp3) is 0.528. The normalized spacial score (nSPS) is 24.3. The number of fused-ring (bicyclic) bond motifs is 3. The van der Waals surface area contributed by atoms with Crippen molar-refractivity contribution < 1.29 is 37.8 Å². The highest BCUT2D eigenvalue weighted by Gasteiger charge is 2.59. The van der Waals surface area contributed by atoms with Gasteiger partial charge in [0, 0.05) is 30.3 Å². The smallest absolute Gasteiger partial charge is 0.418 e. The van der Waals surface area contributed by atoms with E-state index in [0.717, 1.165) is 40.9 Å². The number of amides is 5. The molecule has 7 rings (SSSR count). The molecule has 0 bridgehead atoms. The Bertz CT molecular complexity index is 1710. The number of nitrogens with one attached hydrogen (secondary N) is 2. The van der Waals surface area contributed by atoms with Gasteiger partial charge in [0.25, 0.3) is 5.91 Å². The van der Waals surface area contributed by atoms with Crippen molar-refractivity contribution in [3.05, 3.63) is 64.5 Å². The third-order valence-corrected chi connectivity index (χ3v) is 10.4. The molecule has 3 aliphatic carbocycles. The monoisotopic (exact) mass is 660 g/mol. The van der Waals surface area contributed by atoms with E-state index >= 15 is 0 Å². The van der Waals surface area contributed by atoms with Crippen molar-refractivity contribution in [2.45, 2.75) is 108 Å². The standard InChI is InChI=1S/C36H41FN4O7/c1-34(2,3)47-32(45)39-35(14-4-15-35)30(43)38-26-10-11-27-23(18-26)13-16-36(27)31(44)41(33(46)48-36)20-29(42)40-19-24-7-9-25(37)17-22(24)8-12-28(40)21-5-6-21/h7,9-11,17-18,21,28H,4-6,8,12-16,19-20H2,1-3H3,(H,38,43)(H,39,45)/t28-,36+/m0/s1. The fourth-order valence-electron chi connectivity index (χ4n) is 7.63. The number of anilines is 1. The van der Waals surface area contributed by atoms with Crippen LogP contribution in [0.2, 0.25) is 0 Å². The second kappa shape index (κ2) is 11.6. The molecule has 2 heterocycles. The van der Waals surface area contributed by atoms with Gasteiger partial charge in [-0.25, -0.2) is 18.9 Å². The highest BCUT2D eigenvalue weighted by Crippen LogP contribution is 2.47. The minimum Gasteiger partial charge on any atom is -0.444 e. The van der Waals surface area contributed by atoms with E-state index in [4.69, 9.17) is 9.47 Å². The van der Waals surface area contributed by atoms with E-state index in [2.05, 4.69) is 10.6 Å². The Morgan fingerprint density at radius 2 is 1.75 bits per heavy atom. The summed E-state index contributed by atoms with van der Waals surface area (Å²) < 4.78 is 25.1. The van der Waals surface area contributed by atoms with E-state index in [1.54, 1.807) is 49.9 Å². The van der Waals surface area contributed by atoms with Crippen LogP contribution < -0.4 is 10.6 Å². The van der Waals surface area contributed by atoms with Crippen molar-refractivity contribution in [2.75, 3.05) is 11.9 Å². The van der Waals surface area contributed by atoms with Gasteiger partial charge in [-0.1, -0.05) is 12.1 Å². The number of alkyl carbamates (subject to hydrolysis) is 1. The summed E-state index contributed by atoms with van der Waals surface area (Å²) in [5, 5.41) is 5.65. The molecule has 2 saturated carbocycles. The number of nitrogens with zero attached hydrogens (tertiary/aromatic N) is 2. The first kappa shape index (κ1) is 32.1. The number of carbonyl (C=O) groups is 5. The lowest BCUT2D eigenvalue weighted by Gasteiger charge is -2.40. The molecule has 5 aliphatic rings. The fourth-order valence-corrected chi connectivity index (χ4v) is 7.63. The van der Waals surface area contributed by atoms with Crippen LogP contribution in [0, 0.1) is 11.7 Å². The molecule has 0 aromatic heterocycles. The Kier molecular flexibility index (Phi) is 7.75. The number of carbonyl (C=O) groups excluding carboxylic acids is 5. The molecule has 2 aromatic rings. The Labute approximate surface area is 278 Å². The minimum absolute atomic E-state index is 0.0464. The van der Waals surface area contributed by atoms with Crippen LogP contribution in [-0.2, 0) is 48.8 Å². The predicted octanol–water partition coefficient (Wildman–Crippen LogP) is 5.09. The molecule has 254 valence electrons. The van der Waals surface area contributed by atoms with E-state index in [0.29, 0.717) is 55.8 Å². The zero-order valence-corrected chi connectivity index (χ0v) is 27.5. The highest BCUT2D eigenvalue weighted by atomic mass is 19.1. The average molecular weight is 661 g/mol. The molecular weight excluding hydrogens is 619 g/mol. The van der Waals surface area contributed by atoms with Crippen LogP contribution >= 0.6 is 0 Å². The van der Waals surface area contributed by atoms with Crippen LogP contribution in [0.25, 0.3) is 0 Å². The largest absolute Gasteiger partial charge is 0.444 e. The lowest BCUT2D eigenvalue weighted by atomic mass is 9.76. The van der Waals surface area contributed by atoms with E-state index in [-0.39, 0.29) is 30.1 Å². The number of imide groups is 1. The zero-order valence-electron chi connectivity index (χ0n) is 27.5. The molecule has 2 N–H and O–H groups in total. The Morgan fingerprint density at radius 3 is 2.44 bits per heavy atom. The number of hydrogen-bond donors (Lipinski definition) is 2. The molecule has 0 radical (unpaired) electrons. The number of rotatable bonds is 6. The summed E-state index contributed by atoms with van der Waals surface area (Å²) in [6.45, 7) is 5.12. The van der Waals surface area contributed by atoms with Gasteiger partial charge in [-0.15, -0.1) is 0 Å². The third kappa shape index (κ3) is 5.79. The quantitative estimate of drug-likeness (QED) is 0.441. The Morgan fingerprint density at radius 1 is 0.979 bits per heavy atom. The van der Waals surface area contributed by atoms with E-state index in [1.165, 1.54) is 12.1 Å². The summed E-state index contributed by atoms with van der Waals surface area (Å²) >= 11 is 0. The number of benzene rings is 2. The number of aryl methyl sites for hydroxylation is 2. The second-order valence-corrected chi connectivity index (χ2v) is 14.9. The maximum absolute atomic E-state index is 14.0. The summed E-state index contributed by atoms with van der Waals surface area (Å²) in [5.74, 6) is -1.23. The summed E-state index contributed by atoms with van der Waals surface area (Å²) in [5.41, 5.74) is 0.201. The number of ether oxygens (including phenoxy) is 2. The maximum atomic E-state index is 14.0. The molecule has 1 spiro atoms. The molecule has 0 unspecified atom stereocenters. The summed E-state index contributed by atoms with van der Waals surface area (Å²) in [6.07, 6.45) is 4.23. The van der Waals surface area contributed by atoms with E-state index in [1.807, 2.05) is 0 Å². The van der Waals surface area contributed by atoms with Crippen molar-refractivity contribution in [3.63, 3.8) is 0 Å². The van der Waals surface area contributed by atoms with E-state index < -0.39 is 41.4 Å². The van der Waals surface area contributed by atoms with Crippen LogP contribution in [0.15, 0.2) is 36.4 Å². The number of hydrogen-bond acceptors (Lipinski definition) is 7. The van der Waals surface area contributed by atoms with Crippen molar-refractivity contribution in [2.24, 2.45) is 5.92 Å². The van der Waals surface area contributed by atoms with Gasteiger partial charge in [0.2, 0.25) is 17.4 Å². The van der Waals surface area contributed by atoms with Crippen molar-refractivity contribution in [3.8, 4) is 0 Å². The molecule has 2 aromatic carbocycles. The Balaban J connectivity index is 1.05. The molecule has 11 nitrogen and oxygen atoms in total. The molecule has 2 aliphatic heterocycles. The lowest BCUT2D eigenvalue weighted by Crippen LogP contribution is -2.61. The first-order valence-electron chi connectivity index (χ1n) is 16.8. The van der Waals surface area contributed by atoms with Gasteiger partial charge in [0.05, 0.1) is 0 Å². The third-order valence-electron chi connectivity index (χ3n) is 10.4. The summed E-state index contributed by atoms with van der Waals surface area (Å²) in [6, 6.07) is 9.67. The summed E-state index contributed by atoms with van der Waals surface area (Å²) in [7, 11) is 0. The van der Waals surface area contributed by atoms with Gasteiger partial charge < -0.3 is 25.0 Å². The van der Waals surface area contributed by atoms with Gasteiger partial charge in [0.15, 0.2) is 0 Å². The van der Waals surface area contributed by atoms with Crippen LogP contribution in [-0.4, -0.2) is 63.4 Å². The highest BCUT2D eigenvalue weighted by molar-refractivity contribution is 6.06. The topological polar surface area (TPSA) is 134 Å².